The second-order valence-electron chi connectivity index (χ2n) is 7.76. The largest absolute Gasteiger partial charge is 0.416 e. The third-order valence-electron chi connectivity index (χ3n) is 5.27. The lowest BCUT2D eigenvalue weighted by Gasteiger charge is -2.39. The summed E-state index contributed by atoms with van der Waals surface area (Å²) in [5.41, 5.74) is 4.60. The number of benzene rings is 1. The SMILES string of the molecule is CC(C)[C@H](N)C(=O)NCC(=O)NC1(c2cccc(C(F)(F)F)c2)CCCCC1. The van der Waals surface area contributed by atoms with Crippen LogP contribution in [-0.4, -0.2) is 24.4 Å². The Morgan fingerprint density at radius 1 is 1.18 bits per heavy atom. The smallest absolute Gasteiger partial charge is 0.346 e. The van der Waals surface area contributed by atoms with Crippen LogP contribution in [0.25, 0.3) is 0 Å². The molecular weight excluding hydrogens is 371 g/mol. The number of rotatable bonds is 6. The topological polar surface area (TPSA) is 84.2 Å². The van der Waals surface area contributed by atoms with Crippen LogP contribution in [0, 0.1) is 5.92 Å². The van der Waals surface area contributed by atoms with Crippen LogP contribution in [-0.2, 0) is 21.3 Å². The predicted molar refractivity (Wildman–Crippen MR) is 100 cm³/mol. The quantitative estimate of drug-likeness (QED) is 0.687. The number of carbonyl (C=O) groups excluding carboxylic acids is 2. The molecule has 156 valence electrons. The highest BCUT2D eigenvalue weighted by Crippen LogP contribution is 2.39. The first-order chi connectivity index (χ1) is 13.0. The van der Waals surface area contributed by atoms with Gasteiger partial charge in [0.15, 0.2) is 0 Å². The lowest BCUT2D eigenvalue weighted by atomic mass is 9.76. The van der Waals surface area contributed by atoms with Crippen LogP contribution in [0.2, 0.25) is 0 Å². The van der Waals surface area contributed by atoms with Crippen molar-refractivity contribution >= 4 is 11.8 Å². The third kappa shape index (κ3) is 5.47. The van der Waals surface area contributed by atoms with Gasteiger partial charge in [-0.1, -0.05) is 45.2 Å². The van der Waals surface area contributed by atoms with E-state index >= 15 is 0 Å². The molecule has 0 bridgehead atoms. The highest BCUT2D eigenvalue weighted by Gasteiger charge is 2.38. The molecule has 28 heavy (non-hydrogen) atoms. The van der Waals surface area contributed by atoms with Crippen LogP contribution in [0.3, 0.4) is 0 Å². The first-order valence-electron chi connectivity index (χ1n) is 9.57. The van der Waals surface area contributed by atoms with Gasteiger partial charge in [-0.05, 0) is 36.5 Å². The molecule has 5 nitrogen and oxygen atoms in total. The van der Waals surface area contributed by atoms with Crippen molar-refractivity contribution in [2.45, 2.75) is 63.7 Å². The second-order valence-corrected chi connectivity index (χ2v) is 7.76. The molecule has 2 rings (SSSR count). The Hall–Kier alpha value is -2.09. The Morgan fingerprint density at radius 3 is 2.39 bits per heavy atom. The van der Waals surface area contributed by atoms with E-state index in [9.17, 15) is 22.8 Å². The van der Waals surface area contributed by atoms with E-state index in [-0.39, 0.29) is 12.5 Å². The van der Waals surface area contributed by atoms with Crippen molar-refractivity contribution in [3.05, 3.63) is 35.4 Å². The minimum atomic E-state index is -4.45. The molecule has 4 N–H and O–H groups in total. The molecular formula is C20H28F3N3O2. The van der Waals surface area contributed by atoms with Crippen molar-refractivity contribution in [1.29, 1.82) is 0 Å². The second kappa shape index (κ2) is 8.94. The van der Waals surface area contributed by atoms with Gasteiger partial charge in [0, 0.05) is 0 Å². The van der Waals surface area contributed by atoms with Crippen molar-refractivity contribution in [2.24, 2.45) is 11.7 Å². The van der Waals surface area contributed by atoms with Gasteiger partial charge >= 0.3 is 6.18 Å². The summed E-state index contributed by atoms with van der Waals surface area (Å²) in [6, 6.07) is 4.40. The van der Waals surface area contributed by atoms with E-state index < -0.39 is 35.1 Å². The summed E-state index contributed by atoms with van der Waals surface area (Å²) in [4.78, 5) is 24.4. The molecule has 0 unspecified atom stereocenters. The Bertz CT molecular complexity index is 698. The molecule has 1 fully saturated rings. The maximum Gasteiger partial charge on any atom is 0.416 e. The van der Waals surface area contributed by atoms with Gasteiger partial charge in [0.2, 0.25) is 11.8 Å². The summed E-state index contributed by atoms with van der Waals surface area (Å²) in [5, 5.41) is 5.39. The van der Waals surface area contributed by atoms with E-state index in [1.165, 1.54) is 6.07 Å². The molecule has 1 aromatic carbocycles. The minimum Gasteiger partial charge on any atom is -0.346 e. The fourth-order valence-electron chi connectivity index (χ4n) is 3.53. The zero-order valence-electron chi connectivity index (χ0n) is 16.2. The number of nitrogens with two attached hydrogens (primary N) is 1. The minimum absolute atomic E-state index is 0.0714. The monoisotopic (exact) mass is 399 g/mol. The van der Waals surface area contributed by atoms with Crippen LogP contribution in [0.15, 0.2) is 24.3 Å². The maximum absolute atomic E-state index is 13.1. The highest BCUT2D eigenvalue weighted by molar-refractivity contribution is 5.87. The summed E-state index contributed by atoms with van der Waals surface area (Å²) in [6.07, 6.45) is -0.755. The van der Waals surface area contributed by atoms with Gasteiger partial charge in [-0.2, -0.15) is 13.2 Å². The van der Waals surface area contributed by atoms with E-state index in [4.69, 9.17) is 5.73 Å². The van der Waals surface area contributed by atoms with Gasteiger partial charge in [0.1, 0.15) is 0 Å². The number of hydrogen-bond donors (Lipinski definition) is 3. The maximum atomic E-state index is 13.1. The van der Waals surface area contributed by atoms with Gasteiger partial charge in [0.25, 0.3) is 0 Å². The van der Waals surface area contributed by atoms with Crippen molar-refractivity contribution < 1.29 is 22.8 Å². The van der Waals surface area contributed by atoms with E-state index in [1.807, 2.05) is 0 Å². The molecule has 1 aromatic rings. The average Bonchev–Trinajstić information content (AvgIpc) is 2.65. The van der Waals surface area contributed by atoms with Gasteiger partial charge < -0.3 is 16.4 Å². The molecule has 1 aliphatic carbocycles. The Balaban J connectivity index is 2.15. The Kier molecular flexibility index (Phi) is 7.09. The number of carbonyl (C=O) groups is 2. The van der Waals surface area contributed by atoms with E-state index in [0.717, 1.165) is 31.4 Å². The first-order valence-corrected chi connectivity index (χ1v) is 9.57. The molecule has 1 saturated carbocycles. The predicted octanol–water partition coefficient (Wildman–Crippen LogP) is 3.08. The molecule has 0 saturated heterocycles. The van der Waals surface area contributed by atoms with Gasteiger partial charge in [-0.15, -0.1) is 0 Å². The van der Waals surface area contributed by atoms with Crippen LogP contribution >= 0.6 is 0 Å². The lowest BCUT2D eigenvalue weighted by molar-refractivity contribution is -0.137. The molecule has 0 spiro atoms. The molecule has 0 aromatic heterocycles. The number of halogens is 3. The summed E-state index contributed by atoms with van der Waals surface area (Å²) in [6.45, 7) is 3.34. The number of amides is 2. The van der Waals surface area contributed by atoms with E-state index in [0.29, 0.717) is 18.4 Å². The molecule has 0 radical (unpaired) electrons. The fraction of sp³-hybridized carbons (Fsp3) is 0.600. The van der Waals surface area contributed by atoms with Crippen LogP contribution in [0.5, 0.6) is 0 Å². The highest BCUT2D eigenvalue weighted by atomic mass is 19.4. The lowest BCUT2D eigenvalue weighted by Crippen LogP contribution is -2.52. The van der Waals surface area contributed by atoms with E-state index in [1.54, 1.807) is 19.9 Å². The Morgan fingerprint density at radius 2 is 1.82 bits per heavy atom. The summed E-state index contributed by atoms with van der Waals surface area (Å²) in [7, 11) is 0. The normalized spacial score (nSPS) is 17.8. The molecule has 0 aliphatic heterocycles. The third-order valence-corrected chi connectivity index (χ3v) is 5.27. The van der Waals surface area contributed by atoms with Crippen molar-refractivity contribution in [1.82, 2.24) is 10.6 Å². The number of alkyl halides is 3. The zero-order chi connectivity index (χ0) is 20.9. The number of nitrogens with one attached hydrogen (secondary N) is 2. The summed E-state index contributed by atoms with van der Waals surface area (Å²) in [5.74, 6) is -0.941. The van der Waals surface area contributed by atoms with Gasteiger partial charge in [0.05, 0.1) is 23.7 Å². The molecule has 0 heterocycles. The van der Waals surface area contributed by atoms with Crippen LogP contribution in [0.1, 0.15) is 57.1 Å². The fourth-order valence-corrected chi connectivity index (χ4v) is 3.53. The van der Waals surface area contributed by atoms with Crippen molar-refractivity contribution in [2.75, 3.05) is 6.54 Å². The van der Waals surface area contributed by atoms with Crippen molar-refractivity contribution in [3.63, 3.8) is 0 Å². The zero-order valence-corrected chi connectivity index (χ0v) is 16.2. The molecule has 1 atom stereocenters. The Labute approximate surface area is 163 Å². The molecule has 1 aliphatic rings. The summed E-state index contributed by atoms with van der Waals surface area (Å²) < 4.78 is 39.4. The van der Waals surface area contributed by atoms with Crippen molar-refractivity contribution in [3.8, 4) is 0 Å². The standard InChI is InChI=1S/C20H28F3N3O2/c1-13(2)17(24)18(28)25-12-16(27)26-19(9-4-3-5-10-19)14-7-6-8-15(11-14)20(21,22)23/h6-8,11,13,17H,3-5,9-10,12,24H2,1-2H3,(H,25,28)(H,26,27)/t17-/m0/s1. The number of hydrogen-bond acceptors (Lipinski definition) is 3. The van der Waals surface area contributed by atoms with Crippen LogP contribution in [0.4, 0.5) is 13.2 Å². The van der Waals surface area contributed by atoms with Gasteiger partial charge in [-0.3, -0.25) is 9.59 Å². The van der Waals surface area contributed by atoms with E-state index in [2.05, 4.69) is 10.6 Å². The summed E-state index contributed by atoms with van der Waals surface area (Å²) >= 11 is 0. The molecule has 2 amide bonds. The molecule has 8 heteroatoms. The average molecular weight is 399 g/mol. The first kappa shape index (κ1) is 22.2. The van der Waals surface area contributed by atoms with Gasteiger partial charge in [-0.25, -0.2) is 0 Å². The van der Waals surface area contributed by atoms with Crippen LogP contribution < -0.4 is 16.4 Å².